The van der Waals surface area contributed by atoms with Crippen LogP contribution in [-0.4, -0.2) is 37.2 Å². The summed E-state index contributed by atoms with van der Waals surface area (Å²) in [5, 5.41) is 12.8. The molecule has 2 aliphatic carbocycles. The highest BCUT2D eigenvalue weighted by molar-refractivity contribution is 7.17. The van der Waals surface area contributed by atoms with Gasteiger partial charge < -0.3 is 19.9 Å². The van der Waals surface area contributed by atoms with E-state index in [1.807, 2.05) is 18.2 Å². The molecule has 2 unspecified atom stereocenters. The summed E-state index contributed by atoms with van der Waals surface area (Å²) in [7, 11) is 2.93. The lowest BCUT2D eigenvalue weighted by atomic mass is 9.78. The molecule has 1 amide bonds. The number of anilines is 1. The number of hydrogen-bond acceptors (Lipinski definition) is 6. The standard InChI is InChI=1S/C23H25NO6S/c1-29-13-8-9-14-12(11-13)7-10-17-18(14)19(23(28)30-2)21(31-17)24-20(25)15-5-3-4-6-16(15)22(26)27/h8-9,11,15-16H,3-7,10H2,1-2H3,(H,24,25)(H,26,27). The fraction of sp³-hybridized carbons (Fsp3) is 0.435. The summed E-state index contributed by atoms with van der Waals surface area (Å²) in [6.45, 7) is 0. The van der Waals surface area contributed by atoms with Gasteiger partial charge in [0.1, 0.15) is 16.3 Å². The van der Waals surface area contributed by atoms with E-state index < -0.39 is 23.8 Å². The number of nitrogens with one attached hydrogen (secondary N) is 1. The Balaban J connectivity index is 1.72. The van der Waals surface area contributed by atoms with Crippen LogP contribution in [0.5, 0.6) is 5.75 Å². The van der Waals surface area contributed by atoms with Gasteiger partial charge in [0, 0.05) is 10.4 Å². The van der Waals surface area contributed by atoms with Crippen molar-refractivity contribution in [1.29, 1.82) is 0 Å². The van der Waals surface area contributed by atoms with Crippen molar-refractivity contribution >= 4 is 34.2 Å². The lowest BCUT2D eigenvalue weighted by Gasteiger charge is -2.27. The number of rotatable bonds is 5. The van der Waals surface area contributed by atoms with E-state index in [1.54, 1.807) is 7.11 Å². The second-order valence-corrected chi connectivity index (χ2v) is 9.05. The van der Waals surface area contributed by atoms with E-state index in [0.29, 0.717) is 23.4 Å². The Labute approximate surface area is 184 Å². The van der Waals surface area contributed by atoms with Crippen molar-refractivity contribution < 1.29 is 29.0 Å². The fourth-order valence-electron chi connectivity index (χ4n) is 4.66. The molecule has 0 radical (unpaired) electrons. The molecule has 7 nitrogen and oxygen atoms in total. The zero-order valence-electron chi connectivity index (χ0n) is 17.5. The molecule has 0 aliphatic heterocycles. The summed E-state index contributed by atoms with van der Waals surface area (Å²) >= 11 is 1.37. The minimum absolute atomic E-state index is 0.338. The van der Waals surface area contributed by atoms with Crippen molar-refractivity contribution in [3.8, 4) is 16.9 Å². The molecule has 2 aromatic rings. The maximum absolute atomic E-state index is 13.1. The van der Waals surface area contributed by atoms with Crippen LogP contribution in [-0.2, 0) is 27.2 Å². The van der Waals surface area contributed by atoms with Gasteiger partial charge in [0.25, 0.3) is 0 Å². The zero-order valence-corrected chi connectivity index (χ0v) is 18.3. The SMILES string of the molecule is COC(=O)c1c(NC(=O)C2CCCCC2C(=O)O)sc2c1-c1ccc(OC)cc1CC2. The Morgan fingerprint density at radius 2 is 1.84 bits per heavy atom. The molecule has 2 aliphatic rings. The molecule has 1 saturated carbocycles. The molecule has 0 bridgehead atoms. The number of esters is 1. The van der Waals surface area contributed by atoms with Gasteiger partial charge in [-0.25, -0.2) is 4.79 Å². The highest BCUT2D eigenvalue weighted by Gasteiger charge is 2.37. The van der Waals surface area contributed by atoms with Crippen LogP contribution in [0.15, 0.2) is 18.2 Å². The first-order valence-corrected chi connectivity index (χ1v) is 11.2. The summed E-state index contributed by atoms with van der Waals surface area (Å²) < 4.78 is 10.4. The van der Waals surface area contributed by atoms with Crippen LogP contribution in [0.3, 0.4) is 0 Å². The molecule has 164 valence electrons. The van der Waals surface area contributed by atoms with Crippen molar-refractivity contribution in [3.63, 3.8) is 0 Å². The van der Waals surface area contributed by atoms with Gasteiger partial charge in [-0.2, -0.15) is 0 Å². The second-order valence-electron chi connectivity index (χ2n) is 7.94. The van der Waals surface area contributed by atoms with Crippen LogP contribution in [0.4, 0.5) is 5.00 Å². The first-order valence-electron chi connectivity index (χ1n) is 10.4. The summed E-state index contributed by atoms with van der Waals surface area (Å²) in [5.74, 6) is -2.35. The van der Waals surface area contributed by atoms with Gasteiger partial charge in [0.15, 0.2) is 0 Å². The number of benzene rings is 1. The number of carboxylic acid groups (broad SMARTS) is 1. The maximum Gasteiger partial charge on any atom is 0.341 e. The van der Waals surface area contributed by atoms with E-state index >= 15 is 0 Å². The number of thiophene rings is 1. The Morgan fingerprint density at radius 3 is 2.52 bits per heavy atom. The van der Waals surface area contributed by atoms with E-state index in [9.17, 15) is 19.5 Å². The summed E-state index contributed by atoms with van der Waals surface area (Å²) in [6.07, 6.45) is 4.19. The van der Waals surface area contributed by atoms with Crippen LogP contribution >= 0.6 is 11.3 Å². The fourth-order valence-corrected chi connectivity index (χ4v) is 5.87. The molecule has 1 aromatic carbocycles. The average molecular weight is 444 g/mol. The van der Waals surface area contributed by atoms with Gasteiger partial charge in [-0.15, -0.1) is 11.3 Å². The van der Waals surface area contributed by atoms with E-state index in [2.05, 4.69) is 5.32 Å². The molecule has 2 N–H and O–H groups in total. The molecule has 1 aromatic heterocycles. The summed E-state index contributed by atoms with van der Waals surface area (Å²) in [4.78, 5) is 38.4. The van der Waals surface area contributed by atoms with Crippen molar-refractivity contribution in [3.05, 3.63) is 34.2 Å². The van der Waals surface area contributed by atoms with Crippen molar-refractivity contribution in [1.82, 2.24) is 0 Å². The Hall–Kier alpha value is -2.87. The molecular formula is C23H25NO6S. The molecule has 8 heteroatoms. The quantitative estimate of drug-likeness (QED) is 0.674. The molecule has 31 heavy (non-hydrogen) atoms. The number of aryl methyl sites for hydroxylation is 2. The van der Waals surface area contributed by atoms with Gasteiger partial charge in [0.2, 0.25) is 5.91 Å². The van der Waals surface area contributed by atoms with E-state index in [4.69, 9.17) is 9.47 Å². The monoisotopic (exact) mass is 443 g/mol. The minimum Gasteiger partial charge on any atom is -0.497 e. The third kappa shape index (κ3) is 3.92. The van der Waals surface area contributed by atoms with E-state index in [1.165, 1.54) is 18.4 Å². The van der Waals surface area contributed by atoms with Crippen LogP contribution in [0.2, 0.25) is 0 Å². The number of carboxylic acids is 1. The van der Waals surface area contributed by atoms with Crippen molar-refractivity contribution in [2.75, 3.05) is 19.5 Å². The number of ether oxygens (including phenoxy) is 2. The summed E-state index contributed by atoms with van der Waals surface area (Å²) in [5.41, 5.74) is 3.13. The van der Waals surface area contributed by atoms with Gasteiger partial charge >= 0.3 is 11.9 Å². The lowest BCUT2D eigenvalue weighted by molar-refractivity contribution is -0.147. The van der Waals surface area contributed by atoms with Crippen LogP contribution in [0.1, 0.15) is 46.5 Å². The van der Waals surface area contributed by atoms with E-state index in [-0.39, 0.29) is 5.91 Å². The number of hydrogen-bond donors (Lipinski definition) is 2. The van der Waals surface area contributed by atoms with Gasteiger partial charge in [-0.05, 0) is 48.9 Å². The zero-order chi connectivity index (χ0) is 22.1. The van der Waals surface area contributed by atoms with Crippen LogP contribution < -0.4 is 10.1 Å². The molecule has 0 saturated heterocycles. The van der Waals surface area contributed by atoms with Crippen molar-refractivity contribution in [2.24, 2.45) is 11.8 Å². The number of amides is 1. The normalized spacial score (nSPS) is 19.7. The molecular weight excluding hydrogens is 418 g/mol. The number of carbonyl (C=O) groups excluding carboxylic acids is 2. The largest absolute Gasteiger partial charge is 0.497 e. The minimum atomic E-state index is -0.943. The Bertz CT molecular complexity index is 1040. The Morgan fingerprint density at radius 1 is 1.10 bits per heavy atom. The highest BCUT2D eigenvalue weighted by Crippen LogP contribution is 2.46. The van der Waals surface area contributed by atoms with Gasteiger partial charge in [0.05, 0.1) is 26.1 Å². The maximum atomic E-state index is 13.1. The number of carbonyl (C=O) groups is 3. The molecule has 1 fully saturated rings. The molecule has 1 heterocycles. The smallest absolute Gasteiger partial charge is 0.341 e. The van der Waals surface area contributed by atoms with Gasteiger partial charge in [-0.3, -0.25) is 9.59 Å². The highest BCUT2D eigenvalue weighted by atomic mass is 32.1. The molecule has 0 spiro atoms. The van der Waals surface area contributed by atoms with Crippen LogP contribution in [0.25, 0.3) is 11.1 Å². The van der Waals surface area contributed by atoms with Crippen LogP contribution in [0, 0.1) is 11.8 Å². The first-order chi connectivity index (χ1) is 14.9. The molecule has 2 atom stereocenters. The third-order valence-corrected chi connectivity index (χ3v) is 7.40. The number of methoxy groups -OCH3 is 2. The predicted molar refractivity (Wildman–Crippen MR) is 117 cm³/mol. The second kappa shape index (κ2) is 8.70. The number of aliphatic carboxylic acids is 1. The lowest BCUT2D eigenvalue weighted by Crippen LogP contribution is -2.36. The van der Waals surface area contributed by atoms with Gasteiger partial charge in [-0.1, -0.05) is 18.9 Å². The Kier molecular flexibility index (Phi) is 6.00. The first kappa shape index (κ1) is 21.4. The summed E-state index contributed by atoms with van der Waals surface area (Å²) in [6, 6.07) is 5.75. The average Bonchev–Trinajstić information content (AvgIpc) is 3.16. The topological polar surface area (TPSA) is 102 Å². The molecule has 4 rings (SSSR count). The van der Waals surface area contributed by atoms with E-state index in [0.717, 1.165) is 53.0 Å². The third-order valence-electron chi connectivity index (χ3n) is 6.23. The number of fused-ring (bicyclic) bond motifs is 3. The van der Waals surface area contributed by atoms with Crippen molar-refractivity contribution in [2.45, 2.75) is 38.5 Å². The predicted octanol–water partition coefficient (Wildman–Crippen LogP) is 4.14.